The van der Waals surface area contributed by atoms with Gasteiger partial charge >= 0.3 is 0 Å². The smallest absolute Gasteiger partial charge is 0.138 e. The maximum absolute atomic E-state index is 5.26. The lowest BCUT2D eigenvalue weighted by Gasteiger charge is -2.06. The fourth-order valence-corrected chi connectivity index (χ4v) is 2.93. The summed E-state index contributed by atoms with van der Waals surface area (Å²) >= 11 is 0. The van der Waals surface area contributed by atoms with Crippen molar-refractivity contribution >= 4 is 5.65 Å². The zero-order valence-electron chi connectivity index (χ0n) is 18.2. The summed E-state index contributed by atoms with van der Waals surface area (Å²) in [4.78, 5) is 13.4. The van der Waals surface area contributed by atoms with E-state index < -0.39 is 0 Å². The minimum atomic E-state index is 0.823. The molecule has 0 aliphatic rings. The van der Waals surface area contributed by atoms with Crippen molar-refractivity contribution in [3.8, 4) is 28.4 Å². The van der Waals surface area contributed by atoms with Gasteiger partial charge in [0.1, 0.15) is 17.7 Å². The average molecular weight is 391 g/mol. The first-order valence-corrected chi connectivity index (χ1v) is 10.2. The Kier molecular flexibility index (Phi) is 8.34. The van der Waals surface area contributed by atoms with E-state index in [0.29, 0.717) is 0 Å². The summed E-state index contributed by atoms with van der Waals surface area (Å²) in [5, 5.41) is 0. The second kappa shape index (κ2) is 11.0. The van der Waals surface area contributed by atoms with Crippen LogP contribution in [-0.2, 0) is 6.42 Å². The minimum absolute atomic E-state index is 0.823. The number of methoxy groups -OCH3 is 1. The van der Waals surface area contributed by atoms with Gasteiger partial charge in [0, 0.05) is 18.0 Å². The molecule has 0 atom stereocenters. The van der Waals surface area contributed by atoms with E-state index in [4.69, 9.17) is 9.72 Å². The molecule has 1 aromatic carbocycles. The minimum Gasteiger partial charge on any atom is -0.497 e. The van der Waals surface area contributed by atoms with E-state index in [1.165, 1.54) is 5.56 Å². The number of hydrogen-bond acceptors (Lipinski definition) is 4. The van der Waals surface area contributed by atoms with E-state index in [1.807, 2.05) is 58.0 Å². The third kappa shape index (κ3) is 4.80. The molecule has 0 bridgehead atoms. The van der Waals surface area contributed by atoms with Crippen molar-refractivity contribution in [3.63, 3.8) is 0 Å². The number of aryl methyl sites for hydroxylation is 1. The second-order valence-corrected chi connectivity index (χ2v) is 5.75. The first-order valence-electron chi connectivity index (χ1n) is 10.2. The second-order valence-electron chi connectivity index (χ2n) is 5.75. The number of nitrogens with zero attached hydrogens (tertiary/aromatic N) is 4. The molecule has 3 heterocycles. The Morgan fingerprint density at radius 3 is 2.28 bits per heavy atom. The van der Waals surface area contributed by atoms with Crippen molar-refractivity contribution in [2.45, 2.75) is 41.0 Å². The normalized spacial score (nSPS) is 9.86. The number of rotatable bonds is 4. The summed E-state index contributed by atoms with van der Waals surface area (Å²) in [7, 11) is 1.67. The van der Waals surface area contributed by atoms with E-state index in [0.717, 1.165) is 40.5 Å². The zero-order valence-corrected chi connectivity index (χ0v) is 18.2. The summed E-state index contributed by atoms with van der Waals surface area (Å²) in [6.07, 6.45) is 6.35. The first kappa shape index (κ1) is 22.1. The predicted octanol–water partition coefficient (Wildman–Crippen LogP) is 6.08. The SMILES string of the molecule is CC.CC.CCc1ccn2c(-c3ccncn3)c(-c3ccc(OC)cc3)nc2c1. The van der Waals surface area contributed by atoms with Gasteiger partial charge in [0.2, 0.25) is 0 Å². The van der Waals surface area contributed by atoms with Crippen molar-refractivity contribution in [3.05, 3.63) is 66.7 Å². The van der Waals surface area contributed by atoms with Crippen LogP contribution in [0.15, 0.2) is 61.2 Å². The number of imidazole rings is 1. The van der Waals surface area contributed by atoms with Gasteiger partial charge in [-0.2, -0.15) is 0 Å². The Bertz CT molecular complexity index is 1010. The van der Waals surface area contributed by atoms with Crippen LogP contribution in [0, 0.1) is 0 Å². The van der Waals surface area contributed by atoms with Gasteiger partial charge in [0.15, 0.2) is 0 Å². The van der Waals surface area contributed by atoms with Gasteiger partial charge in [-0.05, 0) is 54.4 Å². The molecule has 4 rings (SSSR count). The molecule has 0 unspecified atom stereocenters. The lowest BCUT2D eigenvalue weighted by molar-refractivity contribution is 0.415. The van der Waals surface area contributed by atoms with Crippen LogP contribution in [0.1, 0.15) is 40.2 Å². The molecule has 0 amide bonds. The molecular weight excluding hydrogens is 360 g/mol. The number of hydrogen-bond donors (Lipinski definition) is 0. The molecule has 0 N–H and O–H groups in total. The Balaban J connectivity index is 0.000000707. The first-order chi connectivity index (χ1) is 14.3. The number of benzene rings is 1. The summed E-state index contributed by atoms with van der Waals surface area (Å²) in [6.45, 7) is 10.1. The lowest BCUT2D eigenvalue weighted by Crippen LogP contribution is -1.93. The molecule has 0 fully saturated rings. The largest absolute Gasteiger partial charge is 0.497 e. The van der Waals surface area contributed by atoms with Gasteiger partial charge in [-0.3, -0.25) is 4.40 Å². The van der Waals surface area contributed by atoms with E-state index in [-0.39, 0.29) is 0 Å². The third-order valence-electron chi connectivity index (χ3n) is 4.29. The third-order valence-corrected chi connectivity index (χ3v) is 4.29. The van der Waals surface area contributed by atoms with Crippen LogP contribution in [0.25, 0.3) is 28.3 Å². The van der Waals surface area contributed by atoms with Crippen molar-refractivity contribution in [1.82, 2.24) is 19.4 Å². The highest BCUT2D eigenvalue weighted by Crippen LogP contribution is 2.32. The van der Waals surface area contributed by atoms with E-state index >= 15 is 0 Å². The number of ether oxygens (including phenoxy) is 1. The fraction of sp³-hybridized carbons (Fsp3) is 0.292. The molecular formula is C24H30N4O. The summed E-state index contributed by atoms with van der Waals surface area (Å²) in [5.74, 6) is 0.823. The lowest BCUT2D eigenvalue weighted by atomic mass is 10.1. The standard InChI is InChI=1S/C20H18N4O.2C2H6/c1-3-14-9-11-24-18(12-14)23-19(15-4-6-16(25-2)7-5-15)20(24)17-8-10-21-13-22-17;2*1-2/h4-13H,3H2,1-2H3;2*1-2H3. The van der Waals surface area contributed by atoms with Crippen molar-refractivity contribution in [2.24, 2.45) is 0 Å². The Hall–Kier alpha value is -3.21. The van der Waals surface area contributed by atoms with Crippen molar-refractivity contribution in [2.75, 3.05) is 7.11 Å². The monoisotopic (exact) mass is 390 g/mol. The highest BCUT2D eigenvalue weighted by molar-refractivity contribution is 5.80. The van der Waals surface area contributed by atoms with Crippen LogP contribution in [0.4, 0.5) is 0 Å². The topological polar surface area (TPSA) is 52.3 Å². The summed E-state index contributed by atoms with van der Waals surface area (Å²) in [5.41, 5.74) is 5.90. The molecule has 0 saturated carbocycles. The maximum Gasteiger partial charge on any atom is 0.138 e. The molecule has 0 spiro atoms. The van der Waals surface area contributed by atoms with Gasteiger partial charge in [0.25, 0.3) is 0 Å². The van der Waals surface area contributed by atoms with Crippen LogP contribution in [0.3, 0.4) is 0 Å². The number of aromatic nitrogens is 4. The fourth-order valence-electron chi connectivity index (χ4n) is 2.93. The summed E-state index contributed by atoms with van der Waals surface area (Å²) < 4.78 is 7.35. The van der Waals surface area contributed by atoms with Crippen molar-refractivity contribution in [1.29, 1.82) is 0 Å². The van der Waals surface area contributed by atoms with Crippen LogP contribution in [-0.4, -0.2) is 26.5 Å². The molecule has 4 aromatic rings. The molecule has 0 aliphatic heterocycles. The van der Waals surface area contributed by atoms with Crippen LogP contribution < -0.4 is 4.74 Å². The highest BCUT2D eigenvalue weighted by atomic mass is 16.5. The Morgan fingerprint density at radius 1 is 0.966 bits per heavy atom. The van der Waals surface area contributed by atoms with E-state index in [9.17, 15) is 0 Å². The van der Waals surface area contributed by atoms with Gasteiger partial charge in [-0.15, -0.1) is 0 Å². The molecule has 0 radical (unpaired) electrons. The predicted molar refractivity (Wildman–Crippen MR) is 120 cm³/mol. The van der Waals surface area contributed by atoms with Crippen molar-refractivity contribution < 1.29 is 4.74 Å². The molecule has 3 aromatic heterocycles. The number of fused-ring (bicyclic) bond motifs is 1. The Labute approximate surface area is 173 Å². The van der Waals surface area contributed by atoms with Gasteiger partial charge in [-0.1, -0.05) is 34.6 Å². The van der Waals surface area contributed by atoms with Gasteiger partial charge < -0.3 is 4.74 Å². The summed E-state index contributed by atoms with van der Waals surface area (Å²) in [6, 6.07) is 14.1. The van der Waals surface area contributed by atoms with Crippen LogP contribution in [0.5, 0.6) is 5.75 Å². The highest BCUT2D eigenvalue weighted by Gasteiger charge is 2.17. The Morgan fingerprint density at radius 2 is 1.69 bits per heavy atom. The zero-order chi connectivity index (χ0) is 21.2. The van der Waals surface area contributed by atoms with Gasteiger partial charge in [0.05, 0.1) is 24.2 Å². The van der Waals surface area contributed by atoms with Crippen LogP contribution in [0.2, 0.25) is 0 Å². The molecule has 0 aliphatic carbocycles. The van der Waals surface area contributed by atoms with E-state index in [2.05, 4.69) is 39.6 Å². The molecule has 152 valence electrons. The molecule has 0 saturated heterocycles. The molecule has 5 heteroatoms. The quantitative estimate of drug-likeness (QED) is 0.424. The molecule has 5 nitrogen and oxygen atoms in total. The van der Waals surface area contributed by atoms with Crippen LogP contribution >= 0.6 is 0 Å². The van der Waals surface area contributed by atoms with Gasteiger partial charge in [-0.25, -0.2) is 15.0 Å². The number of pyridine rings is 1. The average Bonchev–Trinajstić information content (AvgIpc) is 3.21. The van der Waals surface area contributed by atoms with E-state index in [1.54, 1.807) is 19.6 Å². The maximum atomic E-state index is 5.26. The molecule has 29 heavy (non-hydrogen) atoms.